The Balaban J connectivity index is 2.58. The Kier molecular flexibility index (Phi) is 2.08. The highest BCUT2D eigenvalue weighted by atomic mass is 14.9. The van der Waals surface area contributed by atoms with Crippen molar-refractivity contribution in [3.63, 3.8) is 0 Å². The molecular formula is C12H10N2. The quantitative estimate of drug-likeness (QED) is 0.674. The van der Waals surface area contributed by atoms with Crippen LogP contribution in [-0.4, -0.2) is 9.97 Å². The van der Waals surface area contributed by atoms with E-state index < -0.39 is 0 Å². The number of hydrogen-bond acceptors (Lipinski definition) is 1. The van der Waals surface area contributed by atoms with Gasteiger partial charge in [-0.25, -0.2) is 4.98 Å². The fourth-order valence-corrected chi connectivity index (χ4v) is 1.40. The molecule has 0 saturated heterocycles. The largest absolute Gasteiger partial charge is 0.335 e. The Morgan fingerprint density at radius 1 is 1.29 bits per heavy atom. The molecule has 2 rings (SSSR count). The summed E-state index contributed by atoms with van der Waals surface area (Å²) in [4.78, 5) is 7.40. The molecule has 2 heteroatoms. The molecule has 0 aliphatic carbocycles. The highest BCUT2D eigenvalue weighted by molar-refractivity contribution is 5.65. The van der Waals surface area contributed by atoms with Crippen LogP contribution in [0.4, 0.5) is 0 Å². The number of aromatic amines is 1. The van der Waals surface area contributed by atoms with Gasteiger partial charge in [-0.3, -0.25) is 0 Å². The minimum atomic E-state index is 0.744. The number of rotatable bonds is 1. The third kappa shape index (κ3) is 1.40. The zero-order valence-electron chi connectivity index (χ0n) is 7.91. The lowest BCUT2D eigenvalue weighted by Gasteiger charge is -1.95. The average Bonchev–Trinajstić information content (AvgIpc) is 2.61. The van der Waals surface area contributed by atoms with Crippen LogP contribution < -0.4 is 0 Å². The number of terminal acetylenes is 1. The van der Waals surface area contributed by atoms with E-state index in [0.717, 1.165) is 22.8 Å². The van der Waals surface area contributed by atoms with Crippen molar-refractivity contribution in [2.45, 2.75) is 6.92 Å². The number of H-pyrrole nitrogens is 1. The number of nitrogens with one attached hydrogen (secondary N) is 1. The maximum Gasteiger partial charge on any atom is 0.117 e. The Morgan fingerprint density at radius 3 is 2.64 bits per heavy atom. The monoisotopic (exact) mass is 182 g/mol. The number of benzene rings is 1. The molecule has 0 radical (unpaired) electrons. The molecule has 1 aromatic heterocycles. The van der Waals surface area contributed by atoms with E-state index in [9.17, 15) is 0 Å². The molecule has 1 aromatic carbocycles. The Bertz CT molecular complexity index is 475. The SMILES string of the molecule is C#Cc1[nH]c(C)nc1-c1ccccc1. The van der Waals surface area contributed by atoms with E-state index in [1.807, 2.05) is 37.3 Å². The van der Waals surface area contributed by atoms with E-state index in [0.29, 0.717) is 0 Å². The predicted octanol–water partition coefficient (Wildman–Crippen LogP) is 2.37. The molecular weight excluding hydrogens is 172 g/mol. The molecule has 0 aliphatic heterocycles. The normalized spacial score (nSPS) is 9.71. The van der Waals surface area contributed by atoms with E-state index in [1.165, 1.54) is 0 Å². The first-order valence-electron chi connectivity index (χ1n) is 4.40. The number of aromatic nitrogens is 2. The summed E-state index contributed by atoms with van der Waals surface area (Å²) < 4.78 is 0. The lowest BCUT2D eigenvalue weighted by molar-refractivity contribution is 1.14. The first-order valence-corrected chi connectivity index (χ1v) is 4.40. The predicted molar refractivity (Wildman–Crippen MR) is 56.7 cm³/mol. The molecule has 0 aliphatic rings. The first kappa shape index (κ1) is 8.58. The van der Waals surface area contributed by atoms with Gasteiger partial charge >= 0.3 is 0 Å². The van der Waals surface area contributed by atoms with Gasteiger partial charge in [-0.1, -0.05) is 36.3 Å². The van der Waals surface area contributed by atoms with Crippen molar-refractivity contribution < 1.29 is 0 Å². The van der Waals surface area contributed by atoms with Gasteiger partial charge in [0.25, 0.3) is 0 Å². The van der Waals surface area contributed by atoms with Crippen molar-refractivity contribution in [2.75, 3.05) is 0 Å². The molecule has 0 fully saturated rings. The van der Waals surface area contributed by atoms with E-state index in [-0.39, 0.29) is 0 Å². The summed E-state index contributed by atoms with van der Waals surface area (Å²) in [5.41, 5.74) is 2.64. The zero-order valence-corrected chi connectivity index (χ0v) is 7.91. The van der Waals surface area contributed by atoms with Crippen molar-refractivity contribution in [3.8, 4) is 23.6 Å². The summed E-state index contributed by atoms with van der Waals surface area (Å²) in [6, 6.07) is 9.91. The number of aryl methyl sites for hydroxylation is 1. The molecule has 0 amide bonds. The molecule has 68 valence electrons. The smallest absolute Gasteiger partial charge is 0.117 e. The fourth-order valence-electron chi connectivity index (χ4n) is 1.40. The van der Waals surface area contributed by atoms with Gasteiger partial charge in [0.05, 0.1) is 0 Å². The molecule has 2 nitrogen and oxygen atoms in total. The molecule has 0 spiro atoms. The third-order valence-electron chi connectivity index (χ3n) is 2.01. The maximum absolute atomic E-state index is 5.38. The van der Waals surface area contributed by atoms with Crippen LogP contribution in [0.3, 0.4) is 0 Å². The van der Waals surface area contributed by atoms with E-state index in [1.54, 1.807) is 0 Å². The first-order chi connectivity index (χ1) is 6.81. The van der Waals surface area contributed by atoms with Crippen molar-refractivity contribution in [3.05, 3.63) is 41.9 Å². The van der Waals surface area contributed by atoms with Crippen LogP contribution in [0, 0.1) is 19.3 Å². The summed E-state index contributed by atoms with van der Waals surface area (Å²) in [7, 11) is 0. The minimum absolute atomic E-state index is 0.744. The van der Waals surface area contributed by atoms with Crippen molar-refractivity contribution >= 4 is 0 Å². The molecule has 14 heavy (non-hydrogen) atoms. The highest BCUT2D eigenvalue weighted by Crippen LogP contribution is 2.20. The summed E-state index contributed by atoms with van der Waals surface area (Å²) in [6.45, 7) is 1.90. The topological polar surface area (TPSA) is 28.7 Å². The second-order valence-corrected chi connectivity index (χ2v) is 3.06. The van der Waals surface area contributed by atoms with Crippen LogP contribution in [0.2, 0.25) is 0 Å². The molecule has 0 saturated carbocycles. The van der Waals surface area contributed by atoms with Crippen LogP contribution in [0.1, 0.15) is 11.5 Å². The summed E-state index contributed by atoms with van der Waals surface area (Å²) >= 11 is 0. The van der Waals surface area contributed by atoms with Gasteiger partial charge in [0.2, 0.25) is 0 Å². The number of hydrogen-bond donors (Lipinski definition) is 1. The van der Waals surface area contributed by atoms with E-state index >= 15 is 0 Å². The summed E-state index contributed by atoms with van der Waals surface area (Å²) in [5.74, 6) is 3.44. The molecule has 0 bridgehead atoms. The van der Waals surface area contributed by atoms with Crippen molar-refractivity contribution in [1.82, 2.24) is 9.97 Å². The van der Waals surface area contributed by atoms with Crippen molar-refractivity contribution in [1.29, 1.82) is 0 Å². The standard InChI is InChI=1S/C12H10N2/c1-3-11-12(14-9(2)13-11)10-7-5-4-6-8-10/h1,4-8H,2H3,(H,13,14). The zero-order chi connectivity index (χ0) is 9.97. The van der Waals surface area contributed by atoms with Crippen LogP contribution in [0.25, 0.3) is 11.3 Å². The molecule has 0 unspecified atom stereocenters. The van der Waals surface area contributed by atoms with E-state index in [4.69, 9.17) is 6.42 Å². The lowest BCUT2D eigenvalue weighted by Crippen LogP contribution is -1.81. The Morgan fingerprint density at radius 2 is 2.00 bits per heavy atom. The minimum Gasteiger partial charge on any atom is -0.335 e. The Hall–Kier alpha value is -2.01. The van der Waals surface area contributed by atoms with Crippen LogP contribution >= 0.6 is 0 Å². The van der Waals surface area contributed by atoms with Crippen LogP contribution in [0.15, 0.2) is 30.3 Å². The van der Waals surface area contributed by atoms with Gasteiger partial charge in [-0.05, 0) is 6.92 Å². The Labute approximate surface area is 83.0 Å². The van der Waals surface area contributed by atoms with Gasteiger partial charge in [-0.15, -0.1) is 6.42 Å². The van der Waals surface area contributed by atoms with Gasteiger partial charge in [0.15, 0.2) is 0 Å². The average molecular weight is 182 g/mol. The number of imidazole rings is 1. The fraction of sp³-hybridized carbons (Fsp3) is 0.0833. The second-order valence-electron chi connectivity index (χ2n) is 3.06. The van der Waals surface area contributed by atoms with Gasteiger partial charge in [-0.2, -0.15) is 0 Å². The third-order valence-corrected chi connectivity index (χ3v) is 2.01. The lowest BCUT2D eigenvalue weighted by atomic mass is 10.1. The molecule has 1 heterocycles. The second kappa shape index (κ2) is 3.39. The van der Waals surface area contributed by atoms with Gasteiger partial charge in [0.1, 0.15) is 17.2 Å². The van der Waals surface area contributed by atoms with E-state index in [2.05, 4.69) is 15.9 Å². The van der Waals surface area contributed by atoms with Gasteiger partial charge < -0.3 is 4.98 Å². The van der Waals surface area contributed by atoms with Crippen LogP contribution in [0.5, 0.6) is 0 Å². The maximum atomic E-state index is 5.38. The molecule has 2 aromatic rings. The van der Waals surface area contributed by atoms with Gasteiger partial charge in [0, 0.05) is 5.56 Å². The van der Waals surface area contributed by atoms with Crippen molar-refractivity contribution in [2.24, 2.45) is 0 Å². The highest BCUT2D eigenvalue weighted by Gasteiger charge is 2.07. The summed E-state index contributed by atoms with van der Waals surface area (Å²) in [5, 5.41) is 0. The molecule has 1 N–H and O–H groups in total. The number of nitrogens with zero attached hydrogens (tertiary/aromatic N) is 1. The molecule has 0 atom stereocenters. The van der Waals surface area contributed by atoms with Crippen LogP contribution in [-0.2, 0) is 0 Å². The summed E-state index contributed by atoms with van der Waals surface area (Å²) in [6.07, 6.45) is 5.38.